The van der Waals surface area contributed by atoms with Crippen LogP contribution in [0, 0.1) is 0 Å². The summed E-state index contributed by atoms with van der Waals surface area (Å²) in [5.41, 5.74) is 0. The first kappa shape index (κ1) is 11.2. The van der Waals surface area contributed by atoms with Crippen LogP contribution in [0.1, 0.15) is 0 Å². The monoisotopic (exact) mass is 282 g/mol. The van der Waals surface area contributed by atoms with Crippen LogP contribution in [0.2, 0.25) is 0 Å². The average molecular weight is 283 g/mol. The number of benzene rings is 1. The Balaban J connectivity index is 2.11. The van der Waals surface area contributed by atoms with Gasteiger partial charge in [0.1, 0.15) is 5.75 Å². The van der Waals surface area contributed by atoms with Gasteiger partial charge in [0.05, 0.1) is 30.0 Å². The molecule has 2 aromatic rings. The maximum absolute atomic E-state index is 8.75. The summed E-state index contributed by atoms with van der Waals surface area (Å²) in [4.78, 5) is 0. The predicted octanol–water partition coefficient (Wildman–Crippen LogP) is 2.43. The van der Waals surface area contributed by atoms with Gasteiger partial charge in [0.15, 0.2) is 5.75 Å². The van der Waals surface area contributed by atoms with Crippen LogP contribution in [0.4, 0.5) is 0 Å². The van der Waals surface area contributed by atoms with Crippen molar-refractivity contribution in [3.8, 4) is 11.5 Å². The van der Waals surface area contributed by atoms with Crippen molar-refractivity contribution in [3.63, 3.8) is 0 Å². The molecule has 0 aliphatic carbocycles. The first-order chi connectivity index (χ1) is 7.79. The molecule has 4 nitrogen and oxygen atoms in total. The summed E-state index contributed by atoms with van der Waals surface area (Å²) < 4.78 is 8.15. The van der Waals surface area contributed by atoms with Crippen LogP contribution < -0.4 is 4.74 Å². The van der Waals surface area contributed by atoms with Crippen molar-refractivity contribution < 1.29 is 9.84 Å². The SMILES string of the molecule is OCCn1cc(Oc2ccccc2Br)cn1. The normalized spacial score (nSPS) is 10.4. The largest absolute Gasteiger partial charge is 0.453 e. The lowest BCUT2D eigenvalue weighted by atomic mass is 10.3. The fourth-order valence-electron chi connectivity index (χ4n) is 1.28. The highest BCUT2D eigenvalue weighted by Crippen LogP contribution is 2.28. The van der Waals surface area contributed by atoms with E-state index in [1.165, 1.54) is 0 Å². The first-order valence-corrected chi connectivity index (χ1v) is 5.64. The minimum atomic E-state index is 0.0656. The Hall–Kier alpha value is -1.33. The van der Waals surface area contributed by atoms with Crippen LogP contribution in [-0.4, -0.2) is 21.5 Å². The van der Waals surface area contributed by atoms with Crippen LogP contribution >= 0.6 is 15.9 Å². The minimum absolute atomic E-state index is 0.0656. The zero-order valence-corrected chi connectivity index (χ0v) is 10.1. The zero-order chi connectivity index (χ0) is 11.4. The molecule has 5 heteroatoms. The molecular formula is C11H11BrN2O2. The van der Waals surface area contributed by atoms with Gasteiger partial charge in [-0.3, -0.25) is 4.68 Å². The Kier molecular flexibility index (Phi) is 3.58. The number of nitrogens with zero attached hydrogens (tertiary/aromatic N) is 2. The summed E-state index contributed by atoms with van der Waals surface area (Å²) in [6, 6.07) is 7.60. The number of aromatic nitrogens is 2. The number of ether oxygens (including phenoxy) is 1. The summed E-state index contributed by atoms with van der Waals surface area (Å²) in [5, 5.41) is 12.8. The van der Waals surface area contributed by atoms with Crippen molar-refractivity contribution in [1.29, 1.82) is 0 Å². The zero-order valence-electron chi connectivity index (χ0n) is 8.51. The van der Waals surface area contributed by atoms with E-state index in [1.807, 2.05) is 24.3 Å². The maximum Gasteiger partial charge on any atom is 0.165 e. The van der Waals surface area contributed by atoms with Gasteiger partial charge in [-0.05, 0) is 28.1 Å². The van der Waals surface area contributed by atoms with Crippen LogP contribution in [0.15, 0.2) is 41.1 Å². The molecule has 1 aromatic heterocycles. The number of aliphatic hydroxyl groups excluding tert-OH is 1. The van der Waals surface area contributed by atoms with Crippen molar-refractivity contribution in [2.45, 2.75) is 6.54 Å². The van der Waals surface area contributed by atoms with E-state index in [0.717, 1.165) is 10.2 Å². The van der Waals surface area contributed by atoms with Crippen LogP contribution in [-0.2, 0) is 6.54 Å². The van der Waals surface area contributed by atoms with Crippen LogP contribution in [0.25, 0.3) is 0 Å². The van der Waals surface area contributed by atoms with Crippen molar-refractivity contribution in [1.82, 2.24) is 9.78 Å². The number of rotatable bonds is 4. The van der Waals surface area contributed by atoms with E-state index >= 15 is 0 Å². The smallest absolute Gasteiger partial charge is 0.165 e. The minimum Gasteiger partial charge on any atom is -0.453 e. The quantitative estimate of drug-likeness (QED) is 0.937. The molecule has 0 atom stereocenters. The van der Waals surface area contributed by atoms with E-state index < -0.39 is 0 Å². The highest BCUT2D eigenvalue weighted by atomic mass is 79.9. The number of para-hydroxylation sites is 1. The van der Waals surface area contributed by atoms with E-state index in [2.05, 4.69) is 21.0 Å². The number of hydrogen-bond donors (Lipinski definition) is 1. The van der Waals surface area contributed by atoms with Gasteiger partial charge >= 0.3 is 0 Å². The highest BCUT2D eigenvalue weighted by molar-refractivity contribution is 9.10. The third kappa shape index (κ3) is 2.62. The molecule has 0 radical (unpaired) electrons. The van der Waals surface area contributed by atoms with Gasteiger partial charge in [-0.2, -0.15) is 5.10 Å². The van der Waals surface area contributed by atoms with Gasteiger partial charge in [0.25, 0.3) is 0 Å². The first-order valence-electron chi connectivity index (χ1n) is 4.85. The van der Waals surface area contributed by atoms with Crippen molar-refractivity contribution in [2.24, 2.45) is 0 Å². The van der Waals surface area contributed by atoms with Crippen molar-refractivity contribution in [3.05, 3.63) is 41.1 Å². The topological polar surface area (TPSA) is 47.3 Å². The molecule has 0 amide bonds. The van der Waals surface area contributed by atoms with Gasteiger partial charge in [-0.15, -0.1) is 0 Å². The fourth-order valence-corrected chi connectivity index (χ4v) is 1.64. The summed E-state index contributed by atoms with van der Waals surface area (Å²) in [6.07, 6.45) is 3.37. The molecule has 0 aliphatic rings. The van der Waals surface area contributed by atoms with Gasteiger partial charge in [-0.1, -0.05) is 12.1 Å². The van der Waals surface area contributed by atoms with E-state index in [4.69, 9.17) is 9.84 Å². The standard InChI is InChI=1S/C11H11BrN2O2/c12-10-3-1-2-4-11(10)16-9-7-13-14(8-9)5-6-15/h1-4,7-8,15H,5-6H2. The molecule has 16 heavy (non-hydrogen) atoms. The second kappa shape index (κ2) is 5.14. The Morgan fingerprint density at radius 1 is 1.38 bits per heavy atom. The third-order valence-electron chi connectivity index (χ3n) is 2.00. The molecule has 0 unspecified atom stereocenters. The lowest BCUT2D eigenvalue weighted by molar-refractivity contribution is 0.269. The average Bonchev–Trinajstić information content (AvgIpc) is 2.70. The van der Waals surface area contributed by atoms with Gasteiger partial charge in [0, 0.05) is 0 Å². The molecule has 2 rings (SSSR count). The number of hydrogen-bond acceptors (Lipinski definition) is 3. The predicted molar refractivity (Wildman–Crippen MR) is 63.5 cm³/mol. The summed E-state index contributed by atoms with van der Waals surface area (Å²) >= 11 is 3.40. The Bertz CT molecular complexity index is 471. The third-order valence-corrected chi connectivity index (χ3v) is 2.66. The van der Waals surface area contributed by atoms with E-state index in [-0.39, 0.29) is 6.61 Å². The summed E-state index contributed by atoms with van der Waals surface area (Å²) in [5.74, 6) is 1.39. The lowest BCUT2D eigenvalue weighted by Crippen LogP contribution is -2.01. The molecular weight excluding hydrogens is 272 g/mol. The maximum atomic E-state index is 8.75. The molecule has 84 valence electrons. The lowest BCUT2D eigenvalue weighted by Gasteiger charge is -2.04. The number of halogens is 1. The molecule has 0 aliphatic heterocycles. The Morgan fingerprint density at radius 3 is 2.94 bits per heavy atom. The summed E-state index contributed by atoms with van der Waals surface area (Å²) in [7, 11) is 0. The Labute approximate surface area is 102 Å². The molecule has 1 heterocycles. The second-order valence-electron chi connectivity index (χ2n) is 3.20. The van der Waals surface area contributed by atoms with Gasteiger partial charge < -0.3 is 9.84 Å². The van der Waals surface area contributed by atoms with Crippen molar-refractivity contribution >= 4 is 15.9 Å². The number of aliphatic hydroxyl groups is 1. The van der Waals surface area contributed by atoms with E-state index in [0.29, 0.717) is 12.3 Å². The van der Waals surface area contributed by atoms with Crippen LogP contribution in [0.5, 0.6) is 11.5 Å². The highest BCUT2D eigenvalue weighted by Gasteiger charge is 2.03. The van der Waals surface area contributed by atoms with Gasteiger partial charge in [0.2, 0.25) is 0 Å². The van der Waals surface area contributed by atoms with Gasteiger partial charge in [-0.25, -0.2) is 0 Å². The molecule has 0 saturated carbocycles. The molecule has 0 saturated heterocycles. The molecule has 1 N–H and O–H groups in total. The summed E-state index contributed by atoms with van der Waals surface area (Å²) in [6.45, 7) is 0.537. The second-order valence-corrected chi connectivity index (χ2v) is 4.05. The fraction of sp³-hybridized carbons (Fsp3) is 0.182. The van der Waals surface area contributed by atoms with Crippen molar-refractivity contribution in [2.75, 3.05) is 6.61 Å². The molecule has 1 aromatic carbocycles. The van der Waals surface area contributed by atoms with Crippen LogP contribution in [0.3, 0.4) is 0 Å². The Morgan fingerprint density at radius 2 is 2.19 bits per heavy atom. The molecule has 0 bridgehead atoms. The van der Waals surface area contributed by atoms with E-state index in [9.17, 15) is 0 Å². The van der Waals surface area contributed by atoms with E-state index in [1.54, 1.807) is 17.1 Å². The molecule has 0 fully saturated rings. The molecule has 0 spiro atoms.